The molecule has 0 bridgehead atoms. The summed E-state index contributed by atoms with van der Waals surface area (Å²) in [5.74, 6) is -0.411. The van der Waals surface area contributed by atoms with Crippen LogP contribution < -0.4 is 0 Å². The minimum absolute atomic E-state index is 0.411. The van der Waals surface area contributed by atoms with Gasteiger partial charge in [-0.05, 0) is 6.42 Å². The molecule has 0 nitrogen and oxygen atoms in total. The molecule has 0 radical (unpaired) electrons. The second kappa shape index (κ2) is 8.46. The molecule has 0 aliphatic carbocycles. The fourth-order valence-electron chi connectivity index (χ4n) is 1.37. The van der Waals surface area contributed by atoms with E-state index in [1.54, 1.807) is 6.92 Å². The van der Waals surface area contributed by atoms with Crippen LogP contribution in [0.25, 0.3) is 0 Å². The molecular formula is C11H22F2. The van der Waals surface area contributed by atoms with E-state index in [-0.39, 0.29) is 0 Å². The second-order valence-electron chi connectivity index (χ2n) is 3.87. The molecule has 0 aromatic heterocycles. The molecule has 0 saturated heterocycles. The Kier molecular flexibility index (Phi) is 8.37. The average molecular weight is 192 g/mol. The van der Waals surface area contributed by atoms with Gasteiger partial charge in [-0.1, -0.05) is 52.4 Å². The maximum Gasteiger partial charge on any atom is 0.241 e. The zero-order valence-corrected chi connectivity index (χ0v) is 8.86. The van der Waals surface area contributed by atoms with Gasteiger partial charge in [0.05, 0.1) is 0 Å². The first-order valence-electron chi connectivity index (χ1n) is 5.46. The first kappa shape index (κ1) is 12.9. The van der Waals surface area contributed by atoms with Gasteiger partial charge >= 0.3 is 0 Å². The number of hydrogen-bond acceptors (Lipinski definition) is 0. The van der Waals surface area contributed by atoms with Gasteiger partial charge in [0.1, 0.15) is 0 Å². The third-order valence-electron chi connectivity index (χ3n) is 2.44. The molecule has 0 aliphatic heterocycles. The van der Waals surface area contributed by atoms with Crippen molar-refractivity contribution in [2.45, 2.75) is 65.2 Å². The zero-order chi connectivity index (χ0) is 10.1. The third kappa shape index (κ3) is 8.20. The molecule has 1 atom stereocenters. The van der Waals surface area contributed by atoms with Gasteiger partial charge in [0.2, 0.25) is 6.43 Å². The van der Waals surface area contributed by atoms with Crippen LogP contribution in [0.3, 0.4) is 0 Å². The van der Waals surface area contributed by atoms with Gasteiger partial charge in [-0.3, -0.25) is 0 Å². The summed E-state index contributed by atoms with van der Waals surface area (Å²) in [6.45, 7) is 3.82. The molecule has 0 N–H and O–H groups in total. The fourth-order valence-corrected chi connectivity index (χ4v) is 1.37. The molecule has 0 fully saturated rings. The summed E-state index contributed by atoms with van der Waals surface area (Å²) in [5, 5.41) is 0. The summed E-state index contributed by atoms with van der Waals surface area (Å²) in [7, 11) is 0. The Bertz CT molecular complexity index is 102. The maximum absolute atomic E-state index is 12.1. The fraction of sp³-hybridized carbons (Fsp3) is 1.00. The number of hydrogen-bond donors (Lipinski definition) is 0. The van der Waals surface area contributed by atoms with E-state index < -0.39 is 12.3 Å². The normalized spacial score (nSPS) is 13.6. The first-order chi connectivity index (χ1) is 6.18. The van der Waals surface area contributed by atoms with Crippen LogP contribution in [-0.4, -0.2) is 6.43 Å². The predicted molar refractivity (Wildman–Crippen MR) is 53.2 cm³/mol. The Morgan fingerprint density at radius 3 is 2.00 bits per heavy atom. The lowest BCUT2D eigenvalue weighted by Crippen LogP contribution is -2.05. The second-order valence-corrected chi connectivity index (χ2v) is 3.87. The van der Waals surface area contributed by atoms with Gasteiger partial charge in [0, 0.05) is 5.92 Å². The predicted octanol–water partition coefficient (Wildman–Crippen LogP) is 4.64. The van der Waals surface area contributed by atoms with E-state index in [0.717, 1.165) is 12.8 Å². The van der Waals surface area contributed by atoms with Gasteiger partial charge in [0.25, 0.3) is 0 Å². The Morgan fingerprint density at radius 2 is 1.46 bits per heavy atom. The van der Waals surface area contributed by atoms with Crippen LogP contribution in [0.1, 0.15) is 58.8 Å². The highest BCUT2D eigenvalue weighted by molar-refractivity contribution is 4.55. The molecular weight excluding hydrogens is 170 g/mol. The van der Waals surface area contributed by atoms with Gasteiger partial charge in [-0.2, -0.15) is 0 Å². The Labute approximate surface area is 80.7 Å². The van der Waals surface area contributed by atoms with E-state index in [2.05, 4.69) is 6.92 Å². The lowest BCUT2D eigenvalue weighted by Gasteiger charge is -2.08. The summed E-state index contributed by atoms with van der Waals surface area (Å²) < 4.78 is 24.1. The molecule has 0 spiro atoms. The van der Waals surface area contributed by atoms with Crippen LogP contribution in [0.4, 0.5) is 8.78 Å². The molecule has 2 heteroatoms. The van der Waals surface area contributed by atoms with E-state index in [1.807, 2.05) is 0 Å². The largest absolute Gasteiger partial charge is 0.241 e. The van der Waals surface area contributed by atoms with Crippen molar-refractivity contribution in [3.63, 3.8) is 0 Å². The Morgan fingerprint density at radius 1 is 0.923 bits per heavy atom. The highest BCUT2D eigenvalue weighted by Gasteiger charge is 2.13. The molecule has 80 valence electrons. The standard InChI is InChI=1S/C11H22F2/c1-3-4-5-6-7-8-9-10(2)11(12)13/h10-11H,3-9H2,1-2H3/t10-/m1/s1. The summed E-state index contributed by atoms with van der Waals surface area (Å²) in [4.78, 5) is 0. The molecule has 0 rings (SSSR count). The summed E-state index contributed by atoms with van der Waals surface area (Å²) in [6, 6.07) is 0. The molecule has 13 heavy (non-hydrogen) atoms. The van der Waals surface area contributed by atoms with Crippen molar-refractivity contribution in [3.8, 4) is 0 Å². The molecule has 0 aromatic rings. The van der Waals surface area contributed by atoms with Crippen molar-refractivity contribution in [1.82, 2.24) is 0 Å². The maximum atomic E-state index is 12.1. The average Bonchev–Trinajstić information content (AvgIpc) is 2.10. The molecule has 0 aliphatic rings. The van der Waals surface area contributed by atoms with Crippen molar-refractivity contribution in [1.29, 1.82) is 0 Å². The summed E-state index contributed by atoms with van der Waals surface area (Å²) in [6.07, 6.45) is 5.65. The summed E-state index contributed by atoms with van der Waals surface area (Å²) in [5.41, 5.74) is 0. The number of halogens is 2. The van der Waals surface area contributed by atoms with E-state index >= 15 is 0 Å². The quantitative estimate of drug-likeness (QED) is 0.491. The van der Waals surface area contributed by atoms with E-state index in [0.29, 0.717) is 6.42 Å². The Balaban J connectivity index is 3.07. The lowest BCUT2D eigenvalue weighted by atomic mass is 10.0. The van der Waals surface area contributed by atoms with Gasteiger partial charge < -0.3 is 0 Å². The minimum Gasteiger partial charge on any atom is -0.210 e. The minimum atomic E-state index is -2.13. The SMILES string of the molecule is CCCCCCCC[C@@H](C)C(F)F. The molecule has 0 aromatic carbocycles. The smallest absolute Gasteiger partial charge is 0.210 e. The van der Waals surface area contributed by atoms with Crippen LogP contribution in [0.2, 0.25) is 0 Å². The molecule has 0 saturated carbocycles. The monoisotopic (exact) mass is 192 g/mol. The molecule has 0 heterocycles. The van der Waals surface area contributed by atoms with Crippen LogP contribution in [0.15, 0.2) is 0 Å². The topological polar surface area (TPSA) is 0 Å². The lowest BCUT2D eigenvalue weighted by molar-refractivity contribution is 0.0804. The molecule has 0 unspecified atom stereocenters. The van der Waals surface area contributed by atoms with E-state index in [9.17, 15) is 8.78 Å². The van der Waals surface area contributed by atoms with Gasteiger partial charge in [0.15, 0.2) is 0 Å². The molecule has 0 amide bonds. The van der Waals surface area contributed by atoms with Gasteiger partial charge in [-0.15, -0.1) is 0 Å². The highest BCUT2D eigenvalue weighted by Crippen LogP contribution is 2.17. The highest BCUT2D eigenvalue weighted by atomic mass is 19.3. The van der Waals surface area contributed by atoms with Crippen LogP contribution in [0.5, 0.6) is 0 Å². The number of unbranched alkanes of at least 4 members (excludes halogenated alkanes) is 5. The third-order valence-corrected chi connectivity index (χ3v) is 2.44. The van der Waals surface area contributed by atoms with Crippen molar-refractivity contribution < 1.29 is 8.78 Å². The number of alkyl halides is 2. The zero-order valence-electron chi connectivity index (χ0n) is 8.86. The first-order valence-corrected chi connectivity index (χ1v) is 5.46. The van der Waals surface area contributed by atoms with Crippen molar-refractivity contribution in [2.24, 2.45) is 5.92 Å². The van der Waals surface area contributed by atoms with E-state index in [1.165, 1.54) is 25.7 Å². The number of rotatable bonds is 8. The van der Waals surface area contributed by atoms with Crippen LogP contribution >= 0.6 is 0 Å². The summed E-state index contributed by atoms with van der Waals surface area (Å²) >= 11 is 0. The van der Waals surface area contributed by atoms with Crippen molar-refractivity contribution in [2.75, 3.05) is 0 Å². The Hall–Kier alpha value is -0.140. The van der Waals surface area contributed by atoms with Crippen molar-refractivity contribution in [3.05, 3.63) is 0 Å². The van der Waals surface area contributed by atoms with Crippen LogP contribution in [-0.2, 0) is 0 Å². The van der Waals surface area contributed by atoms with Crippen molar-refractivity contribution >= 4 is 0 Å². The van der Waals surface area contributed by atoms with Crippen LogP contribution in [0, 0.1) is 5.92 Å². The van der Waals surface area contributed by atoms with Gasteiger partial charge in [-0.25, -0.2) is 8.78 Å². The van der Waals surface area contributed by atoms with E-state index in [4.69, 9.17) is 0 Å².